The second-order valence-electron chi connectivity index (χ2n) is 6.49. The minimum Gasteiger partial charge on any atom is -0.270 e. The highest BCUT2D eigenvalue weighted by Gasteiger charge is 2.30. The lowest BCUT2D eigenvalue weighted by Crippen LogP contribution is -2.08. The highest BCUT2D eigenvalue weighted by molar-refractivity contribution is 8.01. The summed E-state index contributed by atoms with van der Waals surface area (Å²) in [5, 5.41) is 9.55. The van der Waals surface area contributed by atoms with Gasteiger partial charge < -0.3 is 0 Å². The van der Waals surface area contributed by atoms with E-state index in [2.05, 4.69) is 22.3 Å². The van der Waals surface area contributed by atoms with Gasteiger partial charge in [-0.3, -0.25) is 4.57 Å². The van der Waals surface area contributed by atoms with Gasteiger partial charge in [-0.25, -0.2) is 8.42 Å². The molecule has 3 aromatic rings. The van der Waals surface area contributed by atoms with Gasteiger partial charge in [-0.15, -0.1) is 10.2 Å². The van der Waals surface area contributed by atoms with Gasteiger partial charge in [0.05, 0.1) is 11.5 Å². The topological polar surface area (TPSA) is 64.8 Å². The fourth-order valence-corrected chi connectivity index (χ4v) is 6.56. The maximum Gasteiger partial charge on any atom is 0.196 e. The summed E-state index contributed by atoms with van der Waals surface area (Å²) in [5.74, 6) is 1.23. The molecule has 5 nitrogen and oxygen atoms in total. The van der Waals surface area contributed by atoms with Gasteiger partial charge in [-0.05, 0) is 25.5 Å². The van der Waals surface area contributed by atoms with Crippen molar-refractivity contribution in [1.82, 2.24) is 14.8 Å². The van der Waals surface area contributed by atoms with Gasteiger partial charge in [0.1, 0.15) is 0 Å². The molecule has 1 saturated heterocycles. The van der Waals surface area contributed by atoms with Crippen molar-refractivity contribution in [2.75, 3.05) is 11.5 Å². The second-order valence-corrected chi connectivity index (χ2v) is 9.98. The molecule has 0 saturated carbocycles. The molecule has 0 bridgehead atoms. The van der Waals surface area contributed by atoms with E-state index in [0.29, 0.717) is 6.42 Å². The molecule has 1 aliphatic heterocycles. The molecule has 1 atom stereocenters. The van der Waals surface area contributed by atoms with Gasteiger partial charge in [0.2, 0.25) is 0 Å². The molecule has 0 aliphatic carbocycles. The van der Waals surface area contributed by atoms with Gasteiger partial charge in [0, 0.05) is 16.5 Å². The third-order valence-corrected chi connectivity index (χ3v) is 7.61. The smallest absolute Gasteiger partial charge is 0.196 e. The molecule has 1 unspecified atom stereocenters. The molecule has 1 fully saturated rings. The van der Waals surface area contributed by atoms with E-state index in [4.69, 9.17) is 0 Å². The highest BCUT2D eigenvalue weighted by Crippen LogP contribution is 2.34. The van der Waals surface area contributed by atoms with Crippen molar-refractivity contribution in [3.05, 3.63) is 60.2 Å². The second kappa shape index (κ2) is 6.89. The molecule has 4 rings (SSSR count). The summed E-state index contributed by atoms with van der Waals surface area (Å²) < 4.78 is 25.6. The Bertz CT molecular complexity index is 1010. The number of thioether (sulfide) groups is 1. The number of hydrogen-bond donors (Lipinski definition) is 0. The van der Waals surface area contributed by atoms with E-state index < -0.39 is 9.84 Å². The number of benzene rings is 2. The van der Waals surface area contributed by atoms with Crippen LogP contribution in [-0.2, 0) is 9.84 Å². The van der Waals surface area contributed by atoms with Crippen LogP contribution in [0.1, 0.15) is 12.0 Å². The summed E-state index contributed by atoms with van der Waals surface area (Å²) in [5.41, 5.74) is 3.13. The first-order valence-corrected chi connectivity index (χ1v) is 11.2. The molecular weight excluding hydrogens is 366 g/mol. The van der Waals surface area contributed by atoms with Crippen LogP contribution in [0.25, 0.3) is 17.1 Å². The molecule has 134 valence electrons. The van der Waals surface area contributed by atoms with E-state index in [1.165, 1.54) is 17.3 Å². The van der Waals surface area contributed by atoms with Crippen molar-refractivity contribution in [1.29, 1.82) is 0 Å². The van der Waals surface area contributed by atoms with Crippen molar-refractivity contribution >= 4 is 21.6 Å². The number of aryl methyl sites for hydroxylation is 1. The Morgan fingerprint density at radius 3 is 2.42 bits per heavy atom. The maximum absolute atomic E-state index is 11.8. The molecule has 0 spiro atoms. The molecule has 0 amide bonds. The predicted molar refractivity (Wildman–Crippen MR) is 104 cm³/mol. The van der Waals surface area contributed by atoms with Crippen LogP contribution in [-0.4, -0.2) is 39.9 Å². The van der Waals surface area contributed by atoms with Crippen LogP contribution < -0.4 is 0 Å². The number of sulfone groups is 1. The summed E-state index contributed by atoms with van der Waals surface area (Å²) in [7, 11) is -2.92. The van der Waals surface area contributed by atoms with Crippen molar-refractivity contribution in [3.8, 4) is 17.1 Å². The van der Waals surface area contributed by atoms with Crippen molar-refractivity contribution in [2.24, 2.45) is 0 Å². The zero-order valence-corrected chi connectivity index (χ0v) is 16.0. The molecule has 1 aromatic heterocycles. The van der Waals surface area contributed by atoms with Crippen molar-refractivity contribution < 1.29 is 8.42 Å². The van der Waals surface area contributed by atoms with Crippen molar-refractivity contribution in [2.45, 2.75) is 23.8 Å². The SMILES string of the molecule is Cc1ccc(-n2c(SC3CCS(=O)(=O)C3)nnc2-c2ccccc2)cc1. The van der Waals surface area contributed by atoms with Crippen molar-refractivity contribution in [3.63, 3.8) is 0 Å². The number of rotatable bonds is 4. The molecule has 7 heteroatoms. The lowest BCUT2D eigenvalue weighted by Gasteiger charge is -2.12. The van der Waals surface area contributed by atoms with Gasteiger partial charge >= 0.3 is 0 Å². The largest absolute Gasteiger partial charge is 0.270 e. The number of aromatic nitrogens is 3. The molecule has 1 aliphatic rings. The Balaban J connectivity index is 1.77. The van der Waals surface area contributed by atoms with E-state index in [-0.39, 0.29) is 16.8 Å². The standard InChI is InChI=1S/C19H19N3O2S2/c1-14-7-9-16(10-8-14)22-18(15-5-3-2-4-6-15)20-21-19(22)25-17-11-12-26(23,24)13-17/h2-10,17H,11-13H2,1H3. The Morgan fingerprint density at radius 1 is 1.04 bits per heavy atom. The molecule has 0 radical (unpaired) electrons. The fourth-order valence-electron chi connectivity index (χ4n) is 3.05. The summed E-state index contributed by atoms with van der Waals surface area (Å²) >= 11 is 1.50. The normalized spacial score (nSPS) is 18.9. The average molecular weight is 386 g/mol. The van der Waals surface area contributed by atoms with Gasteiger partial charge in [-0.1, -0.05) is 59.8 Å². The first kappa shape index (κ1) is 17.3. The first-order valence-electron chi connectivity index (χ1n) is 8.47. The van der Waals surface area contributed by atoms with E-state index in [9.17, 15) is 8.42 Å². The predicted octanol–water partition coefficient (Wildman–Crippen LogP) is 3.52. The van der Waals surface area contributed by atoms with E-state index >= 15 is 0 Å². The summed E-state index contributed by atoms with van der Waals surface area (Å²) in [6, 6.07) is 18.1. The minimum absolute atomic E-state index is 0.0250. The maximum atomic E-state index is 11.8. The molecule has 2 heterocycles. The van der Waals surface area contributed by atoms with Gasteiger partial charge in [0.15, 0.2) is 20.8 Å². The Kier molecular flexibility index (Phi) is 4.58. The van der Waals surface area contributed by atoms with Crippen LogP contribution in [0.5, 0.6) is 0 Å². The summed E-state index contributed by atoms with van der Waals surface area (Å²) in [6.45, 7) is 2.05. The van der Waals surface area contributed by atoms with E-state index in [0.717, 1.165) is 22.2 Å². The lowest BCUT2D eigenvalue weighted by molar-refractivity contribution is 0.602. The zero-order valence-electron chi connectivity index (χ0n) is 14.4. The van der Waals surface area contributed by atoms with E-state index in [1.54, 1.807) is 0 Å². The number of nitrogens with zero attached hydrogens (tertiary/aromatic N) is 3. The van der Waals surface area contributed by atoms with Crippen LogP contribution in [0, 0.1) is 6.92 Å². The quantitative estimate of drug-likeness (QED) is 0.687. The number of hydrogen-bond acceptors (Lipinski definition) is 5. The summed E-state index contributed by atoms with van der Waals surface area (Å²) in [6.07, 6.45) is 0.661. The van der Waals surface area contributed by atoms with Crippen LogP contribution >= 0.6 is 11.8 Å². The Labute approximate surface area is 157 Å². The average Bonchev–Trinajstić information content (AvgIpc) is 3.20. The van der Waals surface area contributed by atoms with Gasteiger partial charge in [0.25, 0.3) is 0 Å². The molecule has 26 heavy (non-hydrogen) atoms. The minimum atomic E-state index is -2.92. The van der Waals surface area contributed by atoms with Gasteiger partial charge in [-0.2, -0.15) is 0 Å². The van der Waals surface area contributed by atoms with E-state index in [1.807, 2.05) is 54.0 Å². The molecular formula is C19H19N3O2S2. The van der Waals surface area contributed by atoms with Crippen LogP contribution in [0.15, 0.2) is 59.8 Å². The third-order valence-electron chi connectivity index (χ3n) is 4.42. The van der Waals surface area contributed by atoms with Crippen LogP contribution in [0.2, 0.25) is 0 Å². The molecule has 2 aromatic carbocycles. The summed E-state index contributed by atoms with van der Waals surface area (Å²) in [4.78, 5) is 0. The van der Waals surface area contributed by atoms with Crippen LogP contribution in [0.3, 0.4) is 0 Å². The molecule has 0 N–H and O–H groups in total. The van der Waals surface area contributed by atoms with Crippen LogP contribution in [0.4, 0.5) is 0 Å². The Hall–Kier alpha value is -2.12. The highest BCUT2D eigenvalue weighted by atomic mass is 32.2. The Morgan fingerprint density at radius 2 is 1.77 bits per heavy atom. The third kappa shape index (κ3) is 3.54. The lowest BCUT2D eigenvalue weighted by atomic mass is 10.2. The fraction of sp³-hybridized carbons (Fsp3) is 0.263. The first-order chi connectivity index (χ1) is 12.5. The monoisotopic (exact) mass is 385 g/mol. The zero-order chi connectivity index (χ0) is 18.1.